The standard InChI is InChI=1S/C16H13Cl2N5O/c1-9-14(17)10(2)23(22-9)13-6-5-11(8-20-13)21-16(24)12-4-3-7-19-15(12)18/h3-8H,1-2H3,(H,21,24). The predicted octanol–water partition coefficient (Wildman–Crippen LogP) is 3.84. The summed E-state index contributed by atoms with van der Waals surface area (Å²) in [5.74, 6) is 0.261. The summed E-state index contributed by atoms with van der Waals surface area (Å²) in [6.07, 6.45) is 3.07. The van der Waals surface area contributed by atoms with E-state index in [-0.39, 0.29) is 11.1 Å². The maximum absolute atomic E-state index is 12.2. The molecular formula is C16H13Cl2N5O. The molecule has 0 aliphatic carbocycles. The normalized spacial score (nSPS) is 10.7. The molecule has 1 amide bonds. The lowest BCUT2D eigenvalue weighted by Gasteiger charge is -2.07. The number of anilines is 1. The first kappa shape index (κ1) is 16.4. The average molecular weight is 362 g/mol. The Kier molecular flexibility index (Phi) is 4.51. The molecule has 0 aliphatic rings. The number of carbonyl (C=O) groups is 1. The summed E-state index contributed by atoms with van der Waals surface area (Å²) in [5.41, 5.74) is 2.38. The quantitative estimate of drug-likeness (QED) is 0.719. The van der Waals surface area contributed by atoms with E-state index in [1.54, 1.807) is 35.1 Å². The first-order valence-corrected chi connectivity index (χ1v) is 7.83. The van der Waals surface area contributed by atoms with Gasteiger partial charge in [-0.05, 0) is 38.1 Å². The smallest absolute Gasteiger partial charge is 0.258 e. The molecule has 0 unspecified atom stereocenters. The topological polar surface area (TPSA) is 72.7 Å². The predicted molar refractivity (Wildman–Crippen MR) is 93.0 cm³/mol. The van der Waals surface area contributed by atoms with Crippen molar-refractivity contribution in [1.82, 2.24) is 19.7 Å². The number of pyridine rings is 2. The SMILES string of the molecule is Cc1nn(-c2ccc(NC(=O)c3cccnc3Cl)cn2)c(C)c1Cl. The van der Waals surface area contributed by atoms with Crippen molar-refractivity contribution in [3.8, 4) is 5.82 Å². The van der Waals surface area contributed by atoms with Gasteiger partial charge in [-0.1, -0.05) is 23.2 Å². The van der Waals surface area contributed by atoms with Gasteiger partial charge in [-0.2, -0.15) is 5.10 Å². The Hall–Kier alpha value is -2.44. The van der Waals surface area contributed by atoms with Crippen LogP contribution in [0.25, 0.3) is 5.82 Å². The van der Waals surface area contributed by atoms with E-state index in [9.17, 15) is 4.79 Å². The van der Waals surface area contributed by atoms with Crippen molar-refractivity contribution in [2.45, 2.75) is 13.8 Å². The molecule has 6 nitrogen and oxygen atoms in total. The number of aromatic nitrogens is 4. The molecule has 3 aromatic heterocycles. The van der Waals surface area contributed by atoms with Gasteiger partial charge in [0.25, 0.3) is 5.91 Å². The number of carbonyl (C=O) groups excluding carboxylic acids is 1. The first-order valence-electron chi connectivity index (χ1n) is 7.07. The fraction of sp³-hybridized carbons (Fsp3) is 0.125. The minimum atomic E-state index is -0.350. The van der Waals surface area contributed by atoms with Crippen LogP contribution in [0.1, 0.15) is 21.7 Å². The van der Waals surface area contributed by atoms with Crippen LogP contribution in [0.15, 0.2) is 36.7 Å². The number of hydrogen-bond acceptors (Lipinski definition) is 4. The lowest BCUT2D eigenvalue weighted by atomic mass is 10.2. The maximum Gasteiger partial charge on any atom is 0.258 e. The minimum Gasteiger partial charge on any atom is -0.320 e. The molecule has 0 saturated carbocycles. The molecule has 3 heterocycles. The zero-order valence-corrected chi connectivity index (χ0v) is 14.4. The molecule has 0 saturated heterocycles. The number of rotatable bonds is 3. The first-order chi connectivity index (χ1) is 11.5. The number of nitrogens with zero attached hydrogens (tertiary/aromatic N) is 4. The van der Waals surface area contributed by atoms with Crippen molar-refractivity contribution >= 4 is 34.8 Å². The monoisotopic (exact) mass is 361 g/mol. The van der Waals surface area contributed by atoms with Crippen LogP contribution in [-0.4, -0.2) is 25.7 Å². The van der Waals surface area contributed by atoms with Crippen LogP contribution in [0.2, 0.25) is 10.2 Å². The Morgan fingerprint density at radius 1 is 1.17 bits per heavy atom. The van der Waals surface area contributed by atoms with E-state index < -0.39 is 0 Å². The molecule has 122 valence electrons. The van der Waals surface area contributed by atoms with Gasteiger partial charge in [-0.3, -0.25) is 4.79 Å². The molecule has 0 aromatic carbocycles. The molecule has 0 radical (unpaired) electrons. The Balaban J connectivity index is 1.81. The average Bonchev–Trinajstić information content (AvgIpc) is 2.83. The van der Waals surface area contributed by atoms with Gasteiger partial charge in [-0.15, -0.1) is 0 Å². The van der Waals surface area contributed by atoms with E-state index in [4.69, 9.17) is 23.2 Å². The van der Waals surface area contributed by atoms with Gasteiger partial charge in [0, 0.05) is 6.20 Å². The number of halogens is 2. The van der Waals surface area contributed by atoms with Crippen LogP contribution in [0.5, 0.6) is 0 Å². The minimum absolute atomic E-state index is 0.150. The van der Waals surface area contributed by atoms with Gasteiger partial charge in [0.15, 0.2) is 5.82 Å². The zero-order valence-electron chi connectivity index (χ0n) is 12.9. The fourth-order valence-corrected chi connectivity index (χ4v) is 2.51. The summed E-state index contributed by atoms with van der Waals surface area (Å²) in [5, 5.41) is 7.83. The van der Waals surface area contributed by atoms with Crippen molar-refractivity contribution < 1.29 is 4.79 Å². The lowest BCUT2D eigenvalue weighted by molar-refractivity contribution is 0.102. The summed E-state index contributed by atoms with van der Waals surface area (Å²) >= 11 is 12.1. The second-order valence-electron chi connectivity index (χ2n) is 5.10. The zero-order chi connectivity index (χ0) is 17.3. The van der Waals surface area contributed by atoms with Crippen molar-refractivity contribution in [2.24, 2.45) is 0 Å². The van der Waals surface area contributed by atoms with E-state index in [1.807, 2.05) is 13.8 Å². The number of hydrogen-bond donors (Lipinski definition) is 1. The highest BCUT2D eigenvalue weighted by Crippen LogP contribution is 2.22. The van der Waals surface area contributed by atoms with E-state index >= 15 is 0 Å². The number of nitrogens with one attached hydrogen (secondary N) is 1. The highest BCUT2D eigenvalue weighted by atomic mass is 35.5. The molecule has 0 fully saturated rings. The molecule has 0 spiro atoms. The highest BCUT2D eigenvalue weighted by Gasteiger charge is 2.13. The van der Waals surface area contributed by atoms with E-state index in [0.29, 0.717) is 22.1 Å². The molecule has 8 heteroatoms. The largest absolute Gasteiger partial charge is 0.320 e. The fourth-order valence-electron chi connectivity index (χ4n) is 2.19. The molecule has 0 bridgehead atoms. The van der Waals surface area contributed by atoms with Crippen LogP contribution < -0.4 is 5.32 Å². The third-order valence-corrected chi connectivity index (χ3v) is 4.28. The van der Waals surface area contributed by atoms with Crippen LogP contribution in [0.4, 0.5) is 5.69 Å². The van der Waals surface area contributed by atoms with Gasteiger partial charge in [0.05, 0.1) is 33.9 Å². The van der Waals surface area contributed by atoms with Crippen molar-refractivity contribution in [3.05, 3.63) is 63.8 Å². The van der Waals surface area contributed by atoms with Gasteiger partial charge in [-0.25, -0.2) is 14.6 Å². The van der Waals surface area contributed by atoms with Crippen LogP contribution in [0, 0.1) is 13.8 Å². The maximum atomic E-state index is 12.2. The van der Waals surface area contributed by atoms with Gasteiger partial charge in [0.2, 0.25) is 0 Å². The third kappa shape index (κ3) is 3.11. The van der Waals surface area contributed by atoms with Crippen molar-refractivity contribution in [3.63, 3.8) is 0 Å². The van der Waals surface area contributed by atoms with Crippen molar-refractivity contribution in [1.29, 1.82) is 0 Å². The van der Waals surface area contributed by atoms with Gasteiger partial charge >= 0.3 is 0 Å². The number of aryl methyl sites for hydroxylation is 1. The summed E-state index contributed by atoms with van der Waals surface area (Å²) in [6.45, 7) is 3.70. The molecule has 3 aromatic rings. The third-order valence-electron chi connectivity index (χ3n) is 3.43. The van der Waals surface area contributed by atoms with Gasteiger partial charge in [0.1, 0.15) is 5.15 Å². The molecule has 3 rings (SSSR count). The summed E-state index contributed by atoms with van der Waals surface area (Å²) in [7, 11) is 0. The summed E-state index contributed by atoms with van der Waals surface area (Å²) < 4.78 is 1.65. The Labute approximate surface area is 148 Å². The van der Waals surface area contributed by atoms with Gasteiger partial charge < -0.3 is 5.32 Å². The number of amides is 1. The van der Waals surface area contributed by atoms with E-state index in [2.05, 4.69) is 20.4 Å². The molecule has 24 heavy (non-hydrogen) atoms. The van der Waals surface area contributed by atoms with Crippen molar-refractivity contribution in [2.75, 3.05) is 5.32 Å². The van der Waals surface area contributed by atoms with Crippen LogP contribution in [-0.2, 0) is 0 Å². The highest BCUT2D eigenvalue weighted by molar-refractivity contribution is 6.33. The summed E-state index contributed by atoms with van der Waals surface area (Å²) in [4.78, 5) is 20.4. The lowest BCUT2D eigenvalue weighted by Crippen LogP contribution is -2.13. The van der Waals surface area contributed by atoms with Crippen LogP contribution in [0.3, 0.4) is 0 Å². The Morgan fingerprint density at radius 2 is 1.96 bits per heavy atom. The molecule has 0 atom stereocenters. The Morgan fingerprint density at radius 3 is 2.54 bits per heavy atom. The van der Waals surface area contributed by atoms with E-state index in [1.165, 1.54) is 6.20 Å². The molecule has 1 N–H and O–H groups in total. The second kappa shape index (κ2) is 6.59. The molecular weight excluding hydrogens is 349 g/mol. The Bertz CT molecular complexity index is 905. The van der Waals surface area contributed by atoms with Crippen LogP contribution >= 0.6 is 23.2 Å². The summed E-state index contributed by atoms with van der Waals surface area (Å²) in [6, 6.07) is 6.73. The molecule has 0 aliphatic heterocycles. The van der Waals surface area contributed by atoms with E-state index in [0.717, 1.165) is 11.4 Å². The second-order valence-corrected chi connectivity index (χ2v) is 5.83.